The molecule has 2 aliphatic heterocycles. The van der Waals surface area contributed by atoms with E-state index in [0.717, 1.165) is 64.0 Å². The van der Waals surface area contributed by atoms with E-state index in [1.807, 2.05) is 7.05 Å². The third kappa shape index (κ3) is 8.68. The van der Waals surface area contributed by atoms with Crippen LogP contribution in [0.4, 0.5) is 0 Å². The Bertz CT molecular complexity index is 550. The lowest BCUT2D eigenvalue weighted by Crippen LogP contribution is -2.53. The summed E-state index contributed by atoms with van der Waals surface area (Å²) < 4.78 is 0. The molecule has 3 rings (SSSR count). The Morgan fingerprint density at radius 2 is 1.61 bits per heavy atom. The van der Waals surface area contributed by atoms with E-state index in [1.165, 1.54) is 45.3 Å². The van der Waals surface area contributed by atoms with Crippen LogP contribution >= 0.6 is 24.0 Å². The normalized spacial score (nSPS) is 22.6. The molecule has 0 bridgehead atoms. The first-order chi connectivity index (χ1) is 14.5. The van der Waals surface area contributed by atoms with Gasteiger partial charge in [0.2, 0.25) is 5.91 Å². The summed E-state index contributed by atoms with van der Waals surface area (Å²) in [5.41, 5.74) is 0. The van der Waals surface area contributed by atoms with Gasteiger partial charge in [0.1, 0.15) is 0 Å². The first kappa shape index (κ1) is 26.6. The number of carbonyl (C=O) groups excluding carboxylic acids is 1. The third-order valence-corrected chi connectivity index (χ3v) is 6.88. The number of likely N-dealkylation sites (tertiary alicyclic amines) is 1. The van der Waals surface area contributed by atoms with Crippen LogP contribution in [0.2, 0.25) is 0 Å². The number of guanidine groups is 1. The zero-order valence-corrected chi connectivity index (χ0v) is 22.3. The lowest BCUT2D eigenvalue weighted by molar-refractivity contribution is -0.137. The minimum Gasteiger partial charge on any atom is -0.355 e. The molecule has 0 radical (unpaired) electrons. The van der Waals surface area contributed by atoms with Gasteiger partial charge in [-0.2, -0.15) is 0 Å². The first-order valence-corrected chi connectivity index (χ1v) is 12.3. The van der Waals surface area contributed by atoms with Gasteiger partial charge in [0.05, 0.1) is 0 Å². The number of aliphatic imine (C=N–C) groups is 1. The summed E-state index contributed by atoms with van der Waals surface area (Å²) >= 11 is 0. The maximum absolute atomic E-state index is 12.6. The molecule has 180 valence electrons. The largest absolute Gasteiger partial charge is 0.355 e. The van der Waals surface area contributed by atoms with E-state index < -0.39 is 0 Å². The fourth-order valence-corrected chi connectivity index (χ4v) is 5.12. The van der Waals surface area contributed by atoms with Gasteiger partial charge in [0.15, 0.2) is 5.96 Å². The SMILES string of the molecule is CN=C(NCCN1CCN(C(=O)C2CCCC2)CC1)NC1CCN(CC(C)C)CC1.I. The zero-order valence-electron chi connectivity index (χ0n) is 19.9. The highest BCUT2D eigenvalue weighted by molar-refractivity contribution is 14.0. The second-order valence-electron chi connectivity index (χ2n) is 9.76. The number of halogens is 1. The van der Waals surface area contributed by atoms with E-state index in [9.17, 15) is 4.79 Å². The van der Waals surface area contributed by atoms with E-state index in [1.54, 1.807) is 0 Å². The number of nitrogens with zero attached hydrogens (tertiary/aromatic N) is 4. The highest BCUT2D eigenvalue weighted by Crippen LogP contribution is 2.26. The molecule has 0 aromatic carbocycles. The Morgan fingerprint density at radius 1 is 0.968 bits per heavy atom. The predicted molar refractivity (Wildman–Crippen MR) is 139 cm³/mol. The number of rotatable bonds is 7. The van der Waals surface area contributed by atoms with Crippen LogP contribution in [0.1, 0.15) is 52.4 Å². The van der Waals surface area contributed by atoms with E-state index in [2.05, 4.69) is 44.2 Å². The fraction of sp³-hybridized carbons (Fsp3) is 0.913. The average Bonchev–Trinajstić information content (AvgIpc) is 3.29. The highest BCUT2D eigenvalue weighted by Gasteiger charge is 2.29. The van der Waals surface area contributed by atoms with E-state index in [4.69, 9.17) is 0 Å². The molecular formula is C23H45IN6O. The number of hydrogen-bond acceptors (Lipinski definition) is 4. The van der Waals surface area contributed by atoms with E-state index in [0.29, 0.717) is 17.9 Å². The summed E-state index contributed by atoms with van der Waals surface area (Å²) in [5, 5.41) is 7.10. The van der Waals surface area contributed by atoms with Crippen molar-refractivity contribution >= 4 is 35.8 Å². The number of amides is 1. The van der Waals surface area contributed by atoms with Crippen molar-refractivity contribution in [2.75, 3.05) is 66.0 Å². The van der Waals surface area contributed by atoms with Gasteiger partial charge in [-0.1, -0.05) is 26.7 Å². The first-order valence-electron chi connectivity index (χ1n) is 12.3. The summed E-state index contributed by atoms with van der Waals surface area (Å²) in [5.74, 6) is 2.39. The van der Waals surface area contributed by atoms with Gasteiger partial charge in [0.25, 0.3) is 0 Å². The van der Waals surface area contributed by atoms with Crippen molar-refractivity contribution in [3.05, 3.63) is 0 Å². The molecule has 0 spiro atoms. The molecule has 3 aliphatic rings. The molecule has 0 aromatic rings. The van der Waals surface area contributed by atoms with Crippen LogP contribution in [0.15, 0.2) is 4.99 Å². The smallest absolute Gasteiger partial charge is 0.225 e. The van der Waals surface area contributed by atoms with Crippen LogP contribution in [-0.4, -0.2) is 98.6 Å². The number of piperidine rings is 1. The van der Waals surface area contributed by atoms with E-state index >= 15 is 0 Å². The molecule has 2 N–H and O–H groups in total. The Labute approximate surface area is 206 Å². The number of piperazine rings is 1. The van der Waals surface area contributed by atoms with Crippen molar-refractivity contribution < 1.29 is 4.79 Å². The van der Waals surface area contributed by atoms with Crippen molar-refractivity contribution in [1.82, 2.24) is 25.3 Å². The molecule has 1 amide bonds. The maximum Gasteiger partial charge on any atom is 0.225 e. The molecule has 1 aliphatic carbocycles. The number of hydrogen-bond donors (Lipinski definition) is 2. The van der Waals surface area contributed by atoms with Crippen LogP contribution in [0.5, 0.6) is 0 Å². The number of nitrogens with one attached hydrogen (secondary N) is 2. The van der Waals surface area contributed by atoms with Gasteiger partial charge >= 0.3 is 0 Å². The van der Waals surface area contributed by atoms with Gasteiger partial charge in [-0.3, -0.25) is 14.7 Å². The Morgan fingerprint density at radius 3 is 2.19 bits per heavy atom. The van der Waals surface area contributed by atoms with Crippen molar-refractivity contribution in [1.29, 1.82) is 0 Å². The second-order valence-corrected chi connectivity index (χ2v) is 9.76. The maximum atomic E-state index is 12.6. The third-order valence-electron chi connectivity index (χ3n) is 6.88. The second kappa shape index (κ2) is 13.8. The molecule has 3 fully saturated rings. The summed E-state index contributed by atoms with van der Waals surface area (Å²) in [4.78, 5) is 24.1. The highest BCUT2D eigenvalue weighted by atomic mass is 127. The monoisotopic (exact) mass is 548 g/mol. The van der Waals surface area contributed by atoms with E-state index in [-0.39, 0.29) is 24.0 Å². The lowest BCUT2D eigenvalue weighted by atomic mass is 10.0. The molecular weight excluding hydrogens is 503 g/mol. The summed E-state index contributed by atoms with van der Waals surface area (Å²) in [6, 6.07) is 0.518. The quantitative estimate of drug-likeness (QED) is 0.290. The predicted octanol–water partition coefficient (Wildman–Crippen LogP) is 2.22. The lowest BCUT2D eigenvalue weighted by Gasteiger charge is -2.36. The summed E-state index contributed by atoms with van der Waals surface area (Å²) in [6.45, 7) is 13.8. The summed E-state index contributed by atoms with van der Waals surface area (Å²) in [7, 11) is 1.86. The minimum absolute atomic E-state index is 0. The number of carbonyl (C=O) groups is 1. The van der Waals surface area contributed by atoms with Crippen LogP contribution in [0, 0.1) is 11.8 Å². The molecule has 1 saturated carbocycles. The zero-order chi connectivity index (χ0) is 21.3. The van der Waals surface area contributed by atoms with Gasteiger partial charge < -0.3 is 20.4 Å². The molecule has 2 heterocycles. The molecule has 0 atom stereocenters. The molecule has 8 heteroatoms. The van der Waals surface area contributed by atoms with Gasteiger partial charge in [-0.25, -0.2) is 0 Å². The van der Waals surface area contributed by atoms with Crippen molar-refractivity contribution in [2.24, 2.45) is 16.8 Å². The van der Waals surface area contributed by atoms with Crippen LogP contribution in [0.3, 0.4) is 0 Å². The molecule has 31 heavy (non-hydrogen) atoms. The van der Waals surface area contributed by atoms with Crippen molar-refractivity contribution in [3.8, 4) is 0 Å². The Balaban J connectivity index is 0.00000341. The van der Waals surface area contributed by atoms with Crippen LogP contribution in [-0.2, 0) is 4.79 Å². The Hall–Kier alpha value is -0.610. The molecule has 7 nitrogen and oxygen atoms in total. The fourth-order valence-electron chi connectivity index (χ4n) is 5.12. The van der Waals surface area contributed by atoms with Crippen molar-refractivity contribution in [2.45, 2.75) is 58.4 Å². The standard InChI is InChI=1S/C23H44N6O.HI/c1-19(2)18-28-11-8-21(9-12-28)26-23(24-3)25-10-13-27-14-16-29(17-15-27)22(30)20-6-4-5-7-20;/h19-21H,4-18H2,1-3H3,(H2,24,25,26);1H. The van der Waals surface area contributed by atoms with Crippen LogP contribution in [0.25, 0.3) is 0 Å². The van der Waals surface area contributed by atoms with Crippen LogP contribution < -0.4 is 10.6 Å². The van der Waals surface area contributed by atoms with Gasteiger partial charge in [-0.05, 0) is 31.6 Å². The topological polar surface area (TPSA) is 63.2 Å². The molecule has 0 unspecified atom stereocenters. The van der Waals surface area contributed by atoms with Gasteiger partial charge in [0, 0.05) is 77.9 Å². The van der Waals surface area contributed by atoms with Gasteiger partial charge in [-0.15, -0.1) is 24.0 Å². The molecule has 2 saturated heterocycles. The summed E-state index contributed by atoms with van der Waals surface area (Å²) in [6.07, 6.45) is 7.04. The Kier molecular flexibility index (Phi) is 11.9. The minimum atomic E-state index is 0. The molecule has 0 aromatic heterocycles. The van der Waals surface area contributed by atoms with Crippen molar-refractivity contribution in [3.63, 3.8) is 0 Å². The average molecular weight is 549 g/mol.